The number of carbonyl (C=O) groups excluding carboxylic acids is 4. The van der Waals surface area contributed by atoms with Crippen LogP contribution in [0.1, 0.15) is 88.1 Å². The van der Waals surface area contributed by atoms with E-state index in [9.17, 15) is 64.4 Å². The number of hydrazine groups is 1. The highest BCUT2D eigenvalue weighted by molar-refractivity contribution is 9.11. The second-order valence-electron chi connectivity index (χ2n) is 22.9. The van der Waals surface area contributed by atoms with Crippen molar-refractivity contribution >= 4 is 125 Å². The van der Waals surface area contributed by atoms with E-state index in [1.54, 1.807) is 68.5 Å². The van der Waals surface area contributed by atoms with Gasteiger partial charge in [-0.25, -0.2) is 19.2 Å². The Morgan fingerprint density at radius 1 is 0.610 bits per heavy atom. The number of carboxylic acids is 1. The SMILES string of the molecule is CCOC(=O)/C(=C\N(C)C)C(=O)c1ccc(Br)cc1[N+](=O)[O-].CCOC(=O)c1cnn(C2COCCOC2)c1-c1ccc(B2OCC(C)(C)O2)cc1[N+](=O)[O-].CCOC(=O)c1cnn(C2COCCOC2)c1-c1ccc(Br)cc1[N+](=O)[O-].Cl.NNC1COCCOC1.O=C(O)c1ccc(Br)cc1[N+](=O)[O-]. The third kappa shape index (κ3) is 25.0. The van der Waals surface area contributed by atoms with E-state index in [2.05, 4.69) is 63.4 Å². The summed E-state index contributed by atoms with van der Waals surface area (Å²) in [4.78, 5) is 104. The number of nitrogens with one attached hydrogen (secondary N) is 1. The number of carboxylic acid groups (broad SMARTS) is 1. The Labute approximate surface area is 631 Å². The van der Waals surface area contributed by atoms with Gasteiger partial charge in [0.05, 0.1) is 184 Å². The first-order valence-electron chi connectivity index (χ1n) is 31.7. The number of aromatic nitrogens is 4. The highest BCUT2D eigenvalue weighted by atomic mass is 79.9. The summed E-state index contributed by atoms with van der Waals surface area (Å²) < 4.78 is 63.7. The number of aromatic carboxylic acids is 1. The Morgan fingerprint density at radius 3 is 1.39 bits per heavy atom. The van der Waals surface area contributed by atoms with E-state index in [1.807, 2.05) is 13.8 Å². The fraction of sp³-hybridized carbons (Fsp3) is 0.422. The Bertz CT molecular complexity index is 4050. The highest BCUT2D eigenvalue weighted by Crippen LogP contribution is 2.38. The molecule has 2 aromatic heterocycles. The third-order valence-electron chi connectivity index (χ3n) is 14.6. The van der Waals surface area contributed by atoms with Crippen molar-refractivity contribution in [2.24, 2.45) is 5.84 Å². The number of hydrogen-bond acceptors (Lipinski definition) is 29. The van der Waals surface area contributed by atoms with Gasteiger partial charge in [-0.05, 0) is 82.5 Å². The van der Waals surface area contributed by atoms with Crippen molar-refractivity contribution in [1.82, 2.24) is 29.9 Å². The van der Waals surface area contributed by atoms with E-state index in [0.29, 0.717) is 110 Å². The van der Waals surface area contributed by atoms with Gasteiger partial charge >= 0.3 is 31.0 Å². The number of benzene rings is 4. The maximum Gasteiger partial charge on any atom is 0.494 e. The molecule has 105 heavy (non-hydrogen) atoms. The smallest absolute Gasteiger partial charge is 0.477 e. The molecular formula is C64H76BBr3ClN11O25. The summed E-state index contributed by atoms with van der Waals surface area (Å²) in [5, 5.41) is 62.5. The number of rotatable bonds is 20. The van der Waals surface area contributed by atoms with Crippen molar-refractivity contribution in [1.29, 1.82) is 0 Å². The van der Waals surface area contributed by atoms with Gasteiger partial charge in [0.25, 0.3) is 22.7 Å². The molecule has 41 heteroatoms. The van der Waals surface area contributed by atoms with Crippen molar-refractivity contribution in [2.45, 2.75) is 58.3 Å². The van der Waals surface area contributed by atoms with Gasteiger partial charge in [0, 0.05) is 58.0 Å². The summed E-state index contributed by atoms with van der Waals surface area (Å²) >= 11 is 9.38. The second-order valence-corrected chi connectivity index (χ2v) is 25.7. The van der Waals surface area contributed by atoms with E-state index in [-0.39, 0.29) is 112 Å². The van der Waals surface area contributed by atoms with Crippen molar-refractivity contribution < 1.29 is 101 Å². The molecule has 0 unspecified atom stereocenters. The van der Waals surface area contributed by atoms with E-state index >= 15 is 0 Å². The monoisotopic (exact) mass is 1680 g/mol. The van der Waals surface area contributed by atoms with Crippen LogP contribution in [0.15, 0.2) is 110 Å². The number of ether oxygens (including phenoxy) is 9. The number of hydrogen-bond donors (Lipinski definition) is 3. The molecule has 6 aromatic rings. The van der Waals surface area contributed by atoms with Crippen LogP contribution in [-0.4, -0.2) is 217 Å². The van der Waals surface area contributed by atoms with Crippen LogP contribution in [0.3, 0.4) is 0 Å². The number of nitrogens with zero attached hydrogens (tertiary/aromatic N) is 9. The first-order chi connectivity index (χ1) is 49.6. The molecule has 4 fully saturated rings. The lowest BCUT2D eigenvalue weighted by atomic mass is 9.78. The molecule has 0 atom stereocenters. The van der Waals surface area contributed by atoms with Crippen LogP contribution in [0.4, 0.5) is 22.7 Å². The lowest BCUT2D eigenvalue weighted by molar-refractivity contribution is -0.385. The number of carbonyl (C=O) groups is 5. The topological polar surface area (TPSA) is 457 Å². The molecule has 0 amide bonds. The largest absolute Gasteiger partial charge is 0.494 e. The van der Waals surface area contributed by atoms with Crippen molar-refractivity contribution in [3.05, 3.63) is 173 Å². The number of nitro groups is 4. The number of esters is 3. The van der Waals surface area contributed by atoms with Gasteiger partial charge < -0.3 is 61.9 Å². The summed E-state index contributed by atoms with van der Waals surface area (Å²) in [6.45, 7) is 15.2. The summed E-state index contributed by atoms with van der Waals surface area (Å²) in [5.74, 6) is 1.07. The Morgan fingerprint density at radius 2 is 1.00 bits per heavy atom. The zero-order valence-electron chi connectivity index (χ0n) is 57.7. The summed E-state index contributed by atoms with van der Waals surface area (Å²) in [6.07, 6.45) is 4.01. The van der Waals surface area contributed by atoms with Crippen LogP contribution in [-0.2, 0) is 56.7 Å². The molecule has 4 aliphatic heterocycles. The first kappa shape index (κ1) is 87.0. The number of halogens is 4. The fourth-order valence-corrected chi connectivity index (χ4v) is 11.0. The summed E-state index contributed by atoms with van der Waals surface area (Å²) in [7, 11) is 2.54. The summed E-state index contributed by atoms with van der Waals surface area (Å²) in [6, 6.07) is 16.6. The number of Topliss-reactive ketones (excluding diaryl/α,β-unsaturated/α-hetero) is 1. The molecule has 0 radical (unpaired) electrons. The molecule has 568 valence electrons. The van der Waals surface area contributed by atoms with Gasteiger partial charge in [0.1, 0.15) is 27.8 Å². The van der Waals surface area contributed by atoms with Gasteiger partial charge in [-0.1, -0.05) is 53.9 Å². The van der Waals surface area contributed by atoms with Crippen molar-refractivity contribution in [3.63, 3.8) is 0 Å². The van der Waals surface area contributed by atoms with Crippen LogP contribution in [0, 0.1) is 40.5 Å². The lowest BCUT2D eigenvalue weighted by Gasteiger charge is -2.18. The Kier molecular flexibility index (Phi) is 35.2. The van der Waals surface area contributed by atoms with E-state index in [1.165, 1.54) is 66.0 Å². The fourth-order valence-electron chi connectivity index (χ4n) is 9.94. The van der Waals surface area contributed by atoms with Crippen LogP contribution in [0.2, 0.25) is 0 Å². The molecule has 0 saturated carbocycles. The van der Waals surface area contributed by atoms with Gasteiger partial charge in [-0.3, -0.25) is 65.9 Å². The molecule has 4 aromatic carbocycles. The number of nitro benzene ring substituents is 4. The average molecular weight is 1690 g/mol. The van der Waals surface area contributed by atoms with Gasteiger partial charge in [-0.15, -0.1) is 12.4 Å². The predicted molar refractivity (Wildman–Crippen MR) is 387 cm³/mol. The van der Waals surface area contributed by atoms with Crippen LogP contribution in [0.25, 0.3) is 22.5 Å². The minimum atomic E-state index is -1.31. The highest BCUT2D eigenvalue weighted by Gasteiger charge is 2.40. The Hall–Kier alpha value is -8.62. The minimum absolute atomic E-state index is 0. The standard InChI is InChI=1S/C21H26BN3O8.C17H18BrN3O6.C14H15BrN2O5.C7H4BrNO4.C5H12N2O2.ClH/c1-4-31-20(26)17-10-23-24(15-11-29-7-8-30-12-15)19(17)16-6-5-14(9-18(16)25(27)28)22-32-13-21(2,3)33-22;1-2-27-17(22)14-8-19-20(12-9-25-5-6-26-10-12)16(14)13-4-3-11(18)7-15(13)21(23)24;1-4-22-14(19)11(8-16(2)3)13(18)10-6-5-9(15)7-12(10)17(20)21;8-4-1-2-5(7(10)11)6(3-4)9(12)13;6-7-5-3-8-1-2-9-4-5;/h5-6,9-10,15H,4,7-8,11-13H2,1-3H3;3-4,7-8,12H,2,5-6,9-10H2,1H3;5-8H,4H2,1-3H3;1-3H,(H,10,11);5,7H,1-4,6H2;1H/b;;11-8-;;;. The molecule has 0 spiro atoms. The molecular weight excluding hydrogens is 1610 g/mol. The molecule has 0 bridgehead atoms. The maximum atomic E-state index is 12.7. The molecule has 6 heterocycles. The summed E-state index contributed by atoms with van der Waals surface area (Å²) in [5.41, 5.74) is 2.10. The predicted octanol–water partition coefficient (Wildman–Crippen LogP) is 8.62. The average Bonchev–Trinajstić information content (AvgIpc) is 1.67. The van der Waals surface area contributed by atoms with Crippen LogP contribution in [0.5, 0.6) is 0 Å². The zero-order valence-corrected chi connectivity index (χ0v) is 63.2. The van der Waals surface area contributed by atoms with Crippen LogP contribution < -0.4 is 16.7 Å². The van der Waals surface area contributed by atoms with Crippen molar-refractivity contribution in [3.8, 4) is 22.5 Å². The van der Waals surface area contributed by atoms with Gasteiger partial charge in [-0.2, -0.15) is 10.2 Å². The Balaban J connectivity index is 0.000000249. The van der Waals surface area contributed by atoms with E-state index in [4.69, 9.17) is 62.9 Å². The number of nitrogens with two attached hydrogens (primary N) is 1. The minimum Gasteiger partial charge on any atom is -0.477 e. The molecule has 10 rings (SSSR count). The zero-order chi connectivity index (χ0) is 76.4. The van der Waals surface area contributed by atoms with Crippen molar-refractivity contribution in [2.75, 3.05) is 120 Å². The molecule has 36 nitrogen and oxygen atoms in total. The third-order valence-corrected chi connectivity index (χ3v) is 16.1. The van der Waals surface area contributed by atoms with Crippen LogP contribution >= 0.6 is 60.2 Å². The lowest BCUT2D eigenvalue weighted by Crippen LogP contribution is -2.40. The maximum absolute atomic E-state index is 12.7. The quantitative estimate of drug-likeness (QED) is 0.00614. The molecule has 4 N–H and O–H groups in total. The first-order valence-corrected chi connectivity index (χ1v) is 34.1. The molecule has 4 saturated heterocycles. The number of ketones is 1. The molecule has 0 aliphatic carbocycles. The van der Waals surface area contributed by atoms with E-state index in [0.717, 1.165) is 6.07 Å². The normalized spacial score (nSPS) is 15.4. The van der Waals surface area contributed by atoms with Gasteiger partial charge in [0.15, 0.2) is 0 Å². The van der Waals surface area contributed by atoms with E-state index < -0.39 is 67.8 Å². The molecule has 4 aliphatic rings. The van der Waals surface area contributed by atoms with Gasteiger partial charge in [0.2, 0.25) is 5.78 Å². The second kappa shape index (κ2) is 42.5.